The van der Waals surface area contributed by atoms with Gasteiger partial charge in [0.25, 0.3) is 0 Å². The number of carboxylic acids is 1. The number of nitrogens with zero attached hydrogens (tertiary/aromatic N) is 6. The number of aromatic carboxylic acids is 1. The third-order valence-electron chi connectivity index (χ3n) is 8.36. The molecule has 220 valence electrons. The molecule has 4 aromatic rings. The fourth-order valence-corrected chi connectivity index (χ4v) is 6.37. The maximum absolute atomic E-state index is 13.9. The number of carbonyl (C=O) groups excluding carboxylic acids is 3. The van der Waals surface area contributed by atoms with Crippen LogP contribution in [0.4, 0.5) is 5.82 Å². The van der Waals surface area contributed by atoms with E-state index < -0.39 is 12.0 Å². The first-order valence-electron chi connectivity index (χ1n) is 13.7. The average Bonchev–Trinajstić information content (AvgIpc) is 3.31. The Morgan fingerprint density at radius 1 is 1.07 bits per heavy atom. The van der Waals surface area contributed by atoms with E-state index >= 15 is 0 Å². The molecule has 2 aliphatic rings. The molecule has 0 unspecified atom stereocenters. The van der Waals surface area contributed by atoms with E-state index in [9.17, 15) is 19.2 Å². The Morgan fingerprint density at radius 2 is 1.79 bits per heavy atom. The summed E-state index contributed by atoms with van der Waals surface area (Å²) in [5.74, 6) is -1.92. The van der Waals surface area contributed by atoms with Crippen LogP contribution in [0, 0.1) is 19.3 Å². The minimum absolute atomic E-state index is 0.0529. The molecule has 2 N–H and O–H groups in total. The van der Waals surface area contributed by atoms with E-state index in [-0.39, 0.29) is 47.1 Å². The van der Waals surface area contributed by atoms with Gasteiger partial charge in [-0.2, -0.15) is 5.10 Å². The van der Waals surface area contributed by atoms with Gasteiger partial charge in [0.15, 0.2) is 5.78 Å². The largest absolute Gasteiger partial charge is 0.475 e. The van der Waals surface area contributed by atoms with Crippen molar-refractivity contribution in [2.24, 2.45) is 5.41 Å². The topological polar surface area (TPSA) is 160 Å². The van der Waals surface area contributed by atoms with E-state index in [1.54, 1.807) is 17.0 Å². The number of anilines is 1. The van der Waals surface area contributed by atoms with Crippen LogP contribution in [0.1, 0.15) is 58.9 Å². The zero-order chi connectivity index (χ0) is 30.8. The van der Waals surface area contributed by atoms with E-state index in [1.807, 2.05) is 26.0 Å². The number of fused-ring (bicyclic) bond motifs is 2. The summed E-state index contributed by atoms with van der Waals surface area (Å²) in [7, 11) is 0. The molecule has 13 heteroatoms. The molecule has 2 amide bonds. The number of Topliss-reactive ketones (excluding diaryl/α,β-unsaturated/α-hetero) is 1. The van der Waals surface area contributed by atoms with Crippen LogP contribution in [0.15, 0.2) is 41.3 Å². The molecule has 0 bridgehead atoms. The number of hydrogen-bond acceptors (Lipinski definition) is 8. The molecule has 1 saturated heterocycles. The van der Waals surface area contributed by atoms with E-state index in [4.69, 9.17) is 5.11 Å². The van der Waals surface area contributed by atoms with Crippen molar-refractivity contribution in [3.05, 3.63) is 63.9 Å². The number of amides is 2. The van der Waals surface area contributed by atoms with Crippen LogP contribution in [0.25, 0.3) is 22.0 Å². The summed E-state index contributed by atoms with van der Waals surface area (Å²) in [5, 5.41) is 17.1. The number of pyridine rings is 1. The summed E-state index contributed by atoms with van der Waals surface area (Å²) in [6.45, 7) is 7.05. The molecule has 1 aromatic carbocycles. The first kappa shape index (κ1) is 28.6. The van der Waals surface area contributed by atoms with E-state index in [0.29, 0.717) is 38.9 Å². The molecule has 1 aliphatic heterocycles. The summed E-state index contributed by atoms with van der Waals surface area (Å²) in [5.41, 5.74) is 3.52. The first-order valence-corrected chi connectivity index (χ1v) is 14.5. The maximum Gasteiger partial charge on any atom is 0.373 e. The van der Waals surface area contributed by atoms with E-state index in [0.717, 1.165) is 17.5 Å². The zero-order valence-electron chi connectivity index (χ0n) is 23.9. The summed E-state index contributed by atoms with van der Waals surface area (Å²) >= 11 is 3.34. The van der Waals surface area contributed by atoms with Crippen molar-refractivity contribution in [1.82, 2.24) is 29.6 Å². The highest BCUT2D eigenvalue weighted by Crippen LogP contribution is 2.59. The lowest BCUT2D eigenvalue weighted by atomic mass is 10.0. The Kier molecular flexibility index (Phi) is 6.87. The Bertz CT molecular complexity index is 1850. The number of carbonyl (C=O) groups is 4. The lowest BCUT2D eigenvalue weighted by Crippen LogP contribution is -2.47. The fraction of sp³-hybridized carbons (Fsp3) is 0.333. The van der Waals surface area contributed by atoms with Crippen LogP contribution in [0.2, 0.25) is 0 Å². The molecule has 6 rings (SSSR count). The van der Waals surface area contributed by atoms with Crippen molar-refractivity contribution in [2.75, 3.05) is 5.32 Å². The van der Waals surface area contributed by atoms with Crippen LogP contribution in [-0.2, 0) is 16.1 Å². The Labute approximate surface area is 254 Å². The second kappa shape index (κ2) is 10.3. The number of hydrogen-bond donors (Lipinski definition) is 2. The van der Waals surface area contributed by atoms with Crippen molar-refractivity contribution < 1.29 is 24.3 Å². The number of carboxylic acid groups (broad SMARTS) is 1. The van der Waals surface area contributed by atoms with Crippen molar-refractivity contribution in [3.63, 3.8) is 0 Å². The highest BCUT2D eigenvalue weighted by atomic mass is 79.9. The van der Waals surface area contributed by atoms with Gasteiger partial charge in [0.2, 0.25) is 17.6 Å². The summed E-state index contributed by atoms with van der Waals surface area (Å²) in [6, 6.07) is 6.55. The Hall–Kier alpha value is -4.52. The molecule has 3 atom stereocenters. The number of ketones is 1. The third kappa shape index (κ3) is 5.07. The number of halogens is 1. The number of aryl methyl sites for hydroxylation is 2. The molecule has 12 nitrogen and oxygen atoms in total. The van der Waals surface area contributed by atoms with E-state index in [2.05, 4.69) is 48.2 Å². The predicted octanol–water partition coefficient (Wildman–Crippen LogP) is 4.19. The molecular formula is C30H28BrN7O5. The van der Waals surface area contributed by atoms with Crippen molar-refractivity contribution in [1.29, 1.82) is 0 Å². The van der Waals surface area contributed by atoms with Crippen LogP contribution < -0.4 is 5.32 Å². The van der Waals surface area contributed by atoms with Crippen LogP contribution >= 0.6 is 15.9 Å². The number of likely N-dealkylation sites (tertiary alicyclic amines) is 1. The average molecular weight is 647 g/mol. The maximum atomic E-state index is 13.9. The van der Waals surface area contributed by atoms with Crippen molar-refractivity contribution in [2.45, 2.75) is 59.2 Å². The number of rotatable bonds is 7. The number of nitrogens with one attached hydrogen (secondary N) is 1. The summed E-state index contributed by atoms with van der Waals surface area (Å²) in [4.78, 5) is 65.0. The molecule has 1 saturated carbocycles. The molecular weight excluding hydrogens is 618 g/mol. The highest BCUT2D eigenvalue weighted by molar-refractivity contribution is 9.10. The van der Waals surface area contributed by atoms with Gasteiger partial charge in [-0.15, -0.1) is 0 Å². The van der Waals surface area contributed by atoms with Gasteiger partial charge >= 0.3 is 5.97 Å². The Morgan fingerprint density at radius 3 is 2.47 bits per heavy atom. The van der Waals surface area contributed by atoms with Gasteiger partial charge in [-0.3, -0.25) is 19.1 Å². The molecule has 0 spiro atoms. The van der Waals surface area contributed by atoms with Crippen LogP contribution in [-0.4, -0.2) is 70.4 Å². The van der Waals surface area contributed by atoms with Gasteiger partial charge < -0.3 is 15.3 Å². The predicted molar refractivity (Wildman–Crippen MR) is 160 cm³/mol. The lowest BCUT2D eigenvalue weighted by molar-refractivity contribution is -0.138. The lowest BCUT2D eigenvalue weighted by Gasteiger charge is -2.27. The molecule has 2 fully saturated rings. The second-order valence-corrected chi connectivity index (χ2v) is 12.3. The van der Waals surface area contributed by atoms with Gasteiger partial charge in [-0.05, 0) is 82.9 Å². The fourth-order valence-electron chi connectivity index (χ4n) is 6.06. The minimum atomic E-state index is -1.23. The second-order valence-electron chi connectivity index (χ2n) is 11.5. The number of aromatic nitrogens is 5. The molecule has 3 aromatic heterocycles. The highest BCUT2D eigenvalue weighted by Gasteiger charge is 2.64. The van der Waals surface area contributed by atoms with Crippen molar-refractivity contribution in [3.8, 4) is 11.1 Å². The molecule has 43 heavy (non-hydrogen) atoms. The molecule has 1 aliphatic carbocycles. The van der Waals surface area contributed by atoms with Crippen LogP contribution in [0.3, 0.4) is 0 Å². The first-order chi connectivity index (χ1) is 20.4. The van der Waals surface area contributed by atoms with Gasteiger partial charge in [0.1, 0.15) is 28.7 Å². The number of piperidine rings is 1. The SMILES string of the molecule is CC(=O)c1nn(CC(=O)N2[C@H](C(=O)Nc3nc(Br)ccc3C)C[C@@]3(C)C[C@@H]23)c2c(C)cc(-c3cnc(C(=O)O)nc3)cc12. The third-order valence-corrected chi connectivity index (χ3v) is 8.80. The smallest absolute Gasteiger partial charge is 0.373 e. The van der Waals surface area contributed by atoms with Gasteiger partial charge in [0.05, 0.1) is 5.52 Å². The zero-order valence-corrected chi connectivity index (χ0v) is 25.5. The Balaban J connectivity index is 1.31. The summed E-state index contributed by atoms with van der Waals surface area (Å²) < 4.78 is 2.13. The standard InChI is InChI=1S/C30H28BrN7O5/c1-14-5-6-22(31)34-26(14)35-28(41)20-9-30(4)10-21(30)38(20)23(40)13-37-25-15(2)7-17(8-19(25)24(36-37)16(3)39)18-11-32-27(29(42)43)33-12-18/h5-8,11-12,20-21H,9-10,13H2,1-4H3,(H,42,43)(H,34,35,41)/t20-,21+,30-/m0/s1. The van der Waals surface area contributed by atoms with Crippen LogP contribution in [0.5, 0.6) is 0 Å². The van der Waals surface area contributed by atoms with Gasteiger partial charge in [-0.25, -0.2) is 19.7 Å². The number of benzene rings is 1. The monoisotopic (exact) mass is 645 g/mol. The van der Waals surface area contributed by atoms with Gasteiger partial charge in [-0.1, -0.05) is 13.0 Å². The summed E-state index contributed by atoms with van der Waals surface area (Å²) in [6.07, 6.45) is 4.19. The van der Waals surface area contributed by atoms with Gasteiger partial charge in [0, 0.05) is 36.3 Å². The van der Waals surface area contributed by atoms with E-state index in [1.165, 1.54) is 24.0 Å². The van der Waals surface area contributed by atoms with Crippen molar-refractivity contribution >= 4 is 56.2 Å². The normalized spacial score (nSPS) is 20.6. The molecule has 0 radical (unpaired) electrons. The minimum Gasteiger partial charge on any atom is -0.475 e. The quantitative estimate of drug-likeness (QED) is 0.222. The molecule has 4 heterocycles.